The van der Waals surface area contributed by atoms with E-state index in [1.807, 2.05) is 6.92 Å². The van der Waals surface area contributed by atoms with Gasteiger partial charge in [-0.2, -0.15) is 0 Å². The first-order chi connectivity index (χ1) is 9.67. The Morgan fingerprint density at radius 3 is 2.70 bits per heavy atom. The normalized spacial score (nSPS) is 10.1. The molecule has 2 N–H and O–H groups in total. The number of unbranched alkanes of at least 4 members (excludes halogenated alkanes) is 2. The zero-order chi connectivity index (χ0) is 14.8. The highest BCUT2D eigenvalue weighted by molar-refractivity contribution is 5.69. The van der Waals surface area contributed by atoms with Crippen LogP contribution in [0.4, 0.5) is 5.69 Å². The van der Waals surface area contributed by atoms with Crippen molar-refractivity contribution < 1.29 is 19.0 Å². The summed E-state index contributed by atoms with van der Waals surface area (Å²) in [5.41, 5.74) is 6.35. The molecule has 112 valence electrons. The van der Waals surface area contributed by atoms with E-state index in [-0.39, 0.29) is 5.97 Å². The van der Waals surface area contributed by atoms with E-state index in [2.05, 4.69) is 0 Å². The number of carbonyl (C=O) groups excluding carboxylic acids is 1. The molecule has 0 atom stereocenters. The SMILES string of the molecule is CCOC(=O)CCCCCOc1cc(N)ccc1OC. The Balaban J connectivity index is 2.21. The molecule has 0 aliphatic rings. The summed E-state index contributed by atoms with van der Waals surface area (Å²) in [4.78, 5) is 11.1. The molecule has 0 heterocycles. The Morgan fingerprint density at radius 1 is 1.20 bits per heavy atom. The Morgan fingerprint density at radius 2 is 2.00 bits per heavy atom. The molecule has 0 unspecified atom stereocenters. The summed E-state index contributed by atoms with van der Waals surface area (Å²) in [7, 11) is 1.59. The van der Waals surface area contributed by atoms with Crippen LogP contribution in [0.2, 0.25) is 0 Å². The van der Waals surface area contributed by atoms with Gasteiger partial charge in [0.2, 0.25) is 0 Å². The van der Waals surface area contributed by atoms with Crippen LogP contribution in [-0.2, 0) is 9.53 Å². The van der Waals surface area contributed by atoms with Gasteiger partial charge in [-0.3, -0.25) is 4.79 Å². The summed E-state index contributed by atoms with van der Waals surface area (Å²) in [5.74, 6) is 1.19. The molecule has 0 saturated carbocycles. The number of hydrogen-bond donors (Lipinski definition) is 1. The number of esters is 1. The predicted octanol–water partition coefficient (Wildman–Crippen LogP) is 2.78. The number of rotatable bonds is 9. The van der Waals surface area contributed by atoms with Gasteiger partial charge in [0.05, 0.1) is 20.3 Å². The third-order valence-electron chi connectivity index (χ3n) is 2.78. The maximum Gasteiger partial charge on any atom is 0.305 e. The molecule has 0 bridgehead atoms. The molecule has 20 heavy (non-hydrogen) atoms. The second kappa shape index (κ2) is 9.07. The lowest BCUT2D eigenvalue weighted by Crippen LogP contribution is -2.04. The van der Waals surface area contributed by atoms with Crippen molar-refractivity contribution in [2.24, 2.45) is 0 Å². The number of nitrogen functional groups attached to an aromatic ring is 1. The minimum absolute atomic E-state index is 0.133. The summed E-state index contributed by atoms with van der Waals surface area (Å²) >= 11 is 0. The average Bonchev–Trinajstić information content (AvgIpc) is 2.43. The number of anilines is 1. The minimum atomic E-state index is -0.133. The Bertz CT molecular complexity index is 420. The maximum absolute atomic E-state index is 11.1. The van der Waals surface area contributed by atoms with Crippen molar-refractivity contribution in [3.8, 4) is 11.5 Å². The lowest BCUT2D eigenvalue weighted by atomic mass is 10.2. The van der Waals surface area contributed by atoms with Crippen molar-refractivity contribution in [3.05, 3.63) is 18.2 Å². The van der Waals surface area contributed by atoms with Crippen LogP contribution in [0.5, 0.6) is 11.5 Å². The Kier molecular flexibility index (Phi) is 7.32. The summed E-state index contributed by atoms with van der Waals surface area (Å²) < 4.78 is 15.7. The fraction of sp³-hybridized carbons (Fsp3) is 0.533. The van der Waals surface area contributed by atoms with Crippen LogP contribution < -0.4 is 15.2 Å². The van der Waals surface area contributed by atoms with Crippen molar-refractivity contribution in [3.63, 3.8) is 0 Å². The van der Waals surface area contributed by atoms with Gasteiger partial charge in [0.15, 0.2) is 11.5 Å². The van der Waals surface area contributed by atoms with Gasteiger partial charge < -0.3 is 19.9 Å². The fourth-order valence-electron chi connectivity index (χ4n) is 1.77. The van der Waals surface area contributed by atoms with E-state index >= 15 is 0 Å². The quantitative estimate of drug-likeness (QED) is 0.428. The molecule has 0 fully saturated rings. The summed E-state index contributed by atoms with van der Waals surface area (Å²) in [6, 6.07) is 5.30. The molecule has 1 rings (SSSR count). The van der Waals surface area contributed by atoms with Crippen molar-refractivity contribution in [2.45, 2.75) is 32.6 Å². The number of carbonyl (C=O) groups is 1. The topological polar surface area (TPSA) is 70.8 Å². The number of ether oxygens (including phenoxy) is 3. The highest BCUT2D eigenvalue weighted by Gasteiger charge is 2.05. The third kappa shape index (κ3) is 5.82. The summed E-state index contributed by atoms with van der Waals surface area (Å²) in [6.07, 6.45) is 3.08. The van der Waals surface area contributed by atoms with Gasteiger partial charge in [0, 0.05) is 18.2 Å². The molecule has 5 nitrogen and oxygen atoms in total. The molecular formula is C15H23NO4. The summed E-state index contributed by atoms with van der Waals surface area (Å²) in [5, 5.41) is 0. The van der Waals surface area contributed by atoms with Gasteiger partial charge in [-0.15, -0.1) is 0 Å². The monoisotopic (exact) mass is 281 g/mol. The number of hydrogen-bond acceptors (Lipinski definition) is 5. The number of benzene rings is 1. The second-order valence-corrected chi connectivity index (χ2v) is 4.37. The molecule has 0 spiro atoms. The van der Waals surface area contributed by atoms with Gasteiger partial charge in [0.25, 0.3) is 0 Å². The van der Waals surface area contributed by atoms with E-state index in [1.165, 1.54) is 0 Å². The van der Waals surface area contributed by atoms with Crippen molar-refractivity contribution in [2.75, 3.05) is 26.1 Å². The molecule has 0 aliphatic carbocycles. The Hall–Kier alpha value is -1.91. The average molecular weight is 281 g/mol. The van der Waals surface area contributed by atoms with Crippen LogP contribution in [0.1, 0.15) is 32.6 Å². The van der Waals surface area contributed by atoms with Gasteiger partial charge in [0.1, 0.15) is 0 Å². The lowest BCUT2D eigenvalue weighted by Gasteiger charge is -2.11. The van der Waals surface area contributed by atoms with E-state index in [0.717, 1.165) is 19.3 Å². The molecule has 0 saturated heterocycles. The fourth-order valence-corrected chi connectivity index (χ4v) is 1.77. The van der Waals surface area contributed by atoms with Crippen molar-refractivity contribution in [1.82, 2.24) is 0 Å². The van der Waals surface area contributed by atoms with Gasteiger partial charge in [-0.05, 0) is 38.3 Å². The first-order valence-corrected chi connectivity index (χ1v) is 6.89. The zero-order valence-electron chi connectivity index (χ0n) is 12.2. The van der Waals surface area contributed by atoms with Crippen LogP contribution >= 0.6 is 0 Å². The predicted molar refractivity (Wildman–Crippen MR) is 78.0 cm³/mol. The van der Waals surface area contributed by atoms with Gasteiger partial charge >= 0.3 is 5.97 Å². The van der Waals surface area contributed by atoms with E-state index in [9.17, 15) is 4.79 Å². The van der Waals surface area contributed by atoms with Crippen molar-refractivity contribution >= 4 is 11.7 Å². The molecule has 1 aromatic carbocycles. The van der Waals surface area contributed by atoms with Gasteiger partial charge in [-0.1, -0.05) is 0 Å². The second-order valence-electron chi connectivity index (χ2n) is 4.37. The number of nitrogens with two attached hydrogens (primary N) is 1. The highest BCUT2D eigenvalue weighted by atomic mass is 16.5. The molecule has 5 heteroatoms. The van der Waals surface area contributed by atoms with E-state index in [1.54, 1.807) is 25.3 Å². The van der Waals surface area contributed by atoms with E-state index < -0.39 is 0 Å². The molecule has 1 aromatic rings. The van der Waals surface area contributed by atoms with Gasteiger partial charge in [-0.25, -0.2) is 0 Å². The van der Waals surface area contributed by atoms with Crippen LogP contribution in [-0.4, -0.2) is 26.3 Å². The smallest absolute Gasteiger partial charge is 0.305 e. The molecular weight excluding hydrogens is 258 g/mol. The van der Waals surface area contributed by atoms with E-state index in [4.69, 9.17) is 19.9 Å². The molecule has 0 amide bonds. The first-order valence-electron chi connectivity index (χ1n) is 6.89. The van der Waals surface area contributed by atoms with Crippen LogP contribution in [0.25, 0.3) is 0 Å². The molecule has 0 aliphatic heterocycles. The van der Waals surface area contributed by atoms with Crippen LogP contribution in [0.15, 0.2) is 18.2 Å². The highest BCUT2D eigenvalue weighted by Crippen LogP contribution is 2.29. The largest absolute Gasteiger partial charge is 0.493 e. The molecule has 0 aromatic heterocycles. The van der Waals surface area contributed by atoms with Crippen molar-refractivity contribution in [1.29, 1.82) is 0 Å². The first kappa shape index (κ1) is 16.1. The standard InChI is InChI=1S/C15H23NO4/c1-3-19-15(17)7-5-4-6-10-20-14-11-12(16)8-9-13(14)18-2/h8-9,11H,3-7,10,16H2,1-2H3. The molecule has 0 radical (unpaired) electrons. The van der Waals surface area contributed by atoms with E-state index in [0.29, 0.717) is 36.8 Å². The Labute approximate surface area is 120 Å². The maximum atomic E-state index is 11.1. The number of methoxy groups -OCH3 is 1. The lowest BCUT2D eigenvalue weighted by molar-refractivity contribution is -0.143. The zero-order valence-corrected chi connectivity index (χ0v) is 12.2. The summed E-state index contributed by atoms with van der Waals surface area (Å²) in [6.45, 7) is 2.82. The van der Waals surface area contributed by atoms with Crippen LogP contribution in [0, 0.1) is 0 Å². The third-order valence-corrected chi connectivity index (χ3v) is 2.78. The van der Waals surface area contributed by atoms with Crippen LogP contribution in [0.3, 0.4) is 0 Å². The minimum Gasteiger partial charge on any atom is -0.493 e.